The maximum atomic E-state index is 5.01. The zero-order chi connectivity index (χ0) is 32.6. The van der Waals surface area contributed by atoms with Gasteiger partial charge >= 0.3 is 0 Å². The van der Waals surface area contributed by atoms with Gasteiger partial charge in [0.15, 0.2) is 0 Å². The molecule has 0 saturated carbocycles. The van der Waals surface area contributed by atoms with Crippen molar-refractivity contribution in [1.29, 1.82) is 0 Å². The van der Waals surface area contributed by atoms with Crippen molar-refractivity contribution in [2.45, 2.75) is 0 Å². The molecule has 0 bridgehead atoms. The number of rotatable bonds is 6. The van der Waals surface area contributed by atoms with Crippen molar-refractivity contribution in [3.63, 3.8) is 0 Å². The van der Waals surface area contributed by atoms with Crippen LogP contribution in [-0.4, -0.2) is 15.3 Å². The predicted molar refractivity (Wildman–Crippen MR) is 202 cm³/mol. The van der Waals surface area contributed by atoms with E-state index in [-0.39, 0.29) is 0 Å². The van der Waals surface area contributed by atoms with Crippen molar-refractivity contribution in [3.05, 3.63) is 193 Å². The van der Waals surface area contributed by atoms with Gasteiger partial charge in [-0.1, -0.05) is 121 Å². The summed E-state index contributed by atoms with van der Waals surface area (Å²) >= 11 is 0. The molecule has 0 unspecified atom stereocenters. The van der Waals surface area contributed by atoms with E-state index in [1.165, 1.54) is 21.9 Å². The SMILES string of the molecule is C1=C(c2ccccc2)NN(c2ccc(-n3c4ccccc4c4c(-c5ccc(-c6ccccn6)cc5)cccc43)cc2)N=C1c1ccccc1. The Labute approximate surface area is 284 Å². The number of allylic oxidation sites excluding steroid dienone is 1. The number of hydrazone groups is 1. The van der Waals surface area contributed by atoms with Crippen molar-refractivity contribution in [2.75, 3.05) is 5.12 Å². The molecular formula is C44H31N5. The first kappa shape index (κ1) is 28.5. The molecule has 1 aliphatic heterocycles. The molecule has 5 heteroatoms. The lowest BCUT2D eigenvalue weighted by Gasteiger charge is -2.28. The van der Waals surface area contributed by atoms with Crippen molar-refractivity contribution >= 4 is 38.9 Å². The van der Waals surface area contributed by atoms with Gasteiger partial charge < -0.3 is 4.57 Å². The van der Waals surface area contributed by atoms with Gasteiger partial charge in [-0.25, -0.2) is 0 Å². The lowest BCUT2D eigenvalue weighted by molar-refractivity contribution is 0.787. The first-order valence-corrected chi connectivity index (χ1v) is 16.4. The zero-order valence-electron chi connectivity index (χ0n) is 26.6. The van der Waals surface area contributed by atoms with Crippen LogP contribution in [-0.2, 0) is 0 Å². The van der Waals surface area contributed by atoms with Gasteiger partial charge in [0.1, 0.15) is 0 Å². The van der Waals surface area contributed by atoms with Crippen LogP contribution in [0.2, 0.25) is 0 Å². The Hall–Kier alpha value is -6.72. The van der Waals surface area contributed by atoms with E-state index in [9.17, 15) is 0 Å². The zero-order valence-corrected chi connectivity index (χ0v) is 26.6. The average Bonchev–Trinajstić information content (AvgIpc) is 3.53. The van der Waals surface area contributed by atoms with Crippen LogP contribution in [0.5, 0.6) is 0 Å². The van der Waals surface area contributed by atoms with E-state index in [0.29, 0.717) is 0 Å². The number of fused-ring (bicyclic) bond motifs is 3. The highest BCUT2D eigenvalue weighted by Crippen LogP contribution is 2.39. The molecule has 6 aromatic carbocycles. The van der Waals surface area contributed by atoms with E-state index in [4.69, 9.17) is 5.10 Å². The Morgan fingerprint density at radius 1 is 0.469 bits per heavy atom. The molecule has 0 amide bonds. The quantitative estimate of drug-likeness (QED) is 0.199. The predicted octanol–water partition coefficient (Wildman–Crippen LogP) is 10.3. The fourth-order valence-electron chi connectivity index (χ4n) is 6.72. The van der Waals surface area contributed by atoms with E-state index in [0.717, 1.165) is 56.2 Å². The number of pyridine rings is 1. The van der Waals surface area contributed by atoms with Crippen LogP contribution in [0.4, 0.5) is 5.69 Å². The Balaban J connectivity index is 1.11. The van der Waals surface area contributed by atoms with E-state index in [1.54, 1.807) is 0 Å². The molecule has 0 fully saturated rings. The lowest BCUT2D eigenvalue weighted by atomic mass is 9.98. The van der Waals surface area contributed by atoms with Gasteiger partial charge in [-0.05, 0) is 71.3 Å². The van der Waals surface area contributed by atoms with E-state index in [1.807, 2.05) is 53.8 Å². The summed E-state index contributed by atoms with van der Waals surface area (Å²) in [5.41, 5.74) is 16.4. The van der Waals surface area contributed by atoms with Crippen LogP contribution in [0.1, 0.15) is 11.1 Å². The molecule has 232 valence electrons. The molecule has 9 rings (SSSR count). The number of aromatic nitrogens is 2. The highest BCUT2D eigenvalue weighted by molar-refractivity contribution is 6.16. The summed E-state index contributed by atoms with van der Waals surface area (Å²) in [5.74, 6) is 0. The number of para-hydroxylation sites is 1. The van der Waals surface area contributed by atoms with E-state index >= 15 is 0 Å². The summed E-state index contributed by atoms with van der Waals surface area (Å²) in [6, 6.07) is 59.3. The summed E-state index contributed by atoms with van der Waals surface area (Å²) < 4.78 is 2.36. The third kappa shape index (κ3) is 5.24. The summed E-state index contributed by atoms with van der Waals surface area (Å²) in [6.45, 7) is 0. The third-order valence-electron chi connectivity index (χ3n) is 9.08. The number of benzene rings is 6. The number of hydrazine groups is 1. The molecule has 0 aliphatic carbocycles. The second kappa shape index (κ2) is 12.1. The monoisotopic (exact) mass is 629 g/mol. The van der Waals surface area contributed by atoms with Crippen LogP contribution in [0.25, 0.3) is 55.6 Å². The second-order valence-electron chi connectivity index (χ2n) is 12.1. The molecule has 1 N–H and O–H groups in total. The Morgan fingerprint density at radius 3 is 1.88 bits per heavy atom. The molecular weight excluding hydrogens is 599 g/mol. The molecule has 0 saturated heterocycles. The maximum Gasteiger partial charge on any atom is 0.0949 e. The number of hydrogen-bond acceptors (Lipinski definition) is 4. The normalized spacial score (nSPS) is 12.9. The Kier molecular flexibility index (Phi) is 7.06. The van der Waals surface area contributed by atoms with Gasteiger partial charge in [0.2, 0.25) is 0 Å². The van der Waals surface area contributed by atoms with Crippen molar-refractivity contribution in [2.24, 2.45) is 5.10 Å². The minimum atomic E-state index is 0.894. The molecule has 0 atom stereocenters. The molecule has 2 aromatic heterocycles. The minimum Gasteiger partial charge on any atom is -0.309 e. The lowest BCUT2D eigenvalue weighted by Crippen LogP contribution is -2.36. The standard InChI is InChI=1S/C44H31N5/c1-3-12-32(13-4-1)40-30-41(33-14-5-2-6-15-33)47-49(46-40)36-27-25-35(26-28-36)48-42-19-8-7-16-38(42)44-37(17-11-20-43(44)48)31-21-23-34(24-22-31)39-18-9-10-29-45-39/h1-30,46H. The highest BCUT2D eigenvalue weighted by atomic mass is 15.7. The second-order valence-corrected chi connectivity index (χ2v) is 12.1. The van der Waals surface area contributed by atoms with Gasteiger partial charge in [-0.15, -0.1) is 0 Å². The highest BCUT2D eigenvalue weighted by Gasteiger charge is 2.19. The summed E-state index contributed by atoms with van der Waals surface area (Å²) in [6.07, 6.45) is 3.94. The average molecular weight is 630 g/mol. The van der Waals surface area contributed by atoms with E-state index < -0.39 is 0 Å². The van der Waals surface area contributed by atoms with Gasteiger partial charge in [0, 0.05) is 33.8 Å². The maximum absolute atomic E-state index is 5.01. The Morgan fingerprint density at radius 2 is 1.12 bits per heavy atom. The summed E-state index contributed by atoms with van der Waals surface area (Å²) in [7, 11) is 0. The fourth-order valence-corrected chi connectivity index (χ4v) is 6.72. The molecule has 3 heterocycles. The van der Waals surface area contributed by atoms with Crippen LogP contribution >= 0.6 is 0 Å². The molecule has 8 aromatic rings. The number of hydrogen-bond donors (Lipinski definition) is 1. The van der Waals surface area contributed by atoms with Gasteiger partial charge in [0.05, 0.1) is 33.8 Å². The summed E-state index contributed by atoms with van der Waals surface area (Å²) in [4.78, 5) is 4.53. The van der Waals surface area contributed by atoms with Crippen LogP contribution < -0.4 is 10.5 Å². The smallest absolute Gasteiger partial charge is 0.0949 e. The first-order chi connectivity index (χ1) is 24.3. The largest absolute Gasteiger partial charge is 0.309 e. The number of nitrogens with zero attached hydrogens (tertiary/aromatic N) is 4. The van der Waals surface area contributed by atoms with Crippen LogP contribution in [0, 0.1) is 0 Å². The van der Waals surface area contributed by atoms with Gasteiger partial charge in [-0.3, -0.25) is 10.4 Å². The molecule has 1 aliphatic rings. The Bertz CT molecular complexity index is 2480. The molecule has 5 nitrogen and oxygen atoms in total. The van der Waals surface area contributed by atoms with Gasteiger partial charge in [0.25, 0.3) is 0 Å². The molecule has 49 heavy (non-hydrogen) atoms. The van der Waals surface area contributed by atoms with Crippen molar-refractivity contribution < 1.29 is 0 Å². The summed E-state index contributed by atoms with van der Waals surface area (Å²) in [5, 5.41) is 9.34. The van der Waals surface area contributed by atoms with E-state index in [2.05, 4.69) is 148 Å². The fraction of sp³-hybridized carbons (Fsp3) is 0. The van der Waals surface area contributed by atoms with Crippen molar-refractivity contribution in [1.82, 2.24) is 15.0 Å². The molecule has 0 radical (unpaired) electrons. The molecule has 0 spiro atoms. The van der Waals surface area contributed by atoms with Crippen LogP contribution in [0.3, 0.4) is 0 Å². The van der Waals surface area contributed by atoms with Crippen molar-refractivity contribution in [3.8, 4) is 28.1 Å². The first-order valence-electron chi connectivity index (χ1n) is 16.4. The number of anilines is 1. The van der Waals surface area contributed by atoms with Gasteiger partial charge in [-0.2, -0.15) is 10.2 Å². The number of nitrogens with one attached hydrogen (secondary N) is 1. The third-order valence-corrected chi connectivity index (χ3v) is 9.08. The topological polar surface area (TPSA) is 45.5 Å². The van der Waals surface area contributed by atoms with Crippen LogP contribution in [0.15, 0.2) is 187 Å². The minimum absolute atomic E-state index is 0.894.